The van der Waals surface area contributed by atoms with Gasteiger partial charge in [-0.1, -0.05) is 18.6 Å². The first-order valence-electron chi connectivity index (χ1n) is 7.05. The van der Waals surface area contributed by atoms with E-state index >= 15 is 0 Å². The van der Waals surface area contributed by atoms with E-state index in [0.717, 1.165) is 24.8 Å². The third-order valence-electron chi connectivity index (χ3n) is 3.27. The Bertz CT molecular complexity index is 735. The van der Waals surface area contributed by atoms with Gasteiger partial charge >= 0.3 is 5.71 Å². The molecule has 0 fully saturated rings. The Morgan fingerprint density at radius 3 is 2.22 bits per heavy atom. The third-order valence-corrected chi connectivity index (χ3v) is 4.64. The number of benzene rings is 1. The molecule has 0 N–H and O–H groups in total. The molecule has 0 aromatic heterocycles. The highest BCUT2D eigenvalue weighted by molar-refractivity contribution is 8.13. The number of rotatable bonds is 9. The molecule has 0 radical (unpaired) electrons. The largest absolute Gasteiger partial charge is 0.399 e. The van der Waals surface area contributed by atoms with Gasteiger partial charge in [0.2, 0.25) is 11.6 Å². The third kappa shape index (κ3) is 6.44. The van der Waals surface area contributed by atoms with Crippen LogP contribution >= 0.6 is 10.7 Å². The Kier molecular flexibility index (Phi) is 7.29. The van der Waals surface area contributed by atoms with Gasteiger partial charge in [-0.05, 0) is 37.0 Å². The first kappa shape index (κ1) is 19.2. The summed E-state index contributed by atoms with van der Waals surface area (Å²) in [5.41, 5.74) is 9.15. The lowest BCUT2D eigenvalue weighted by Gasteiger charge is -2.02. The zero-order valence-corrected chi connectivity index (χ0v) is 14.2. The van der Waals surface area contributed by atoms with E-state index in [2.05, 4.69) is 4.79 Å². The summed E-state index contributed by atoms with van der Waals surface area (Å²) in [7, 11) is 1.53. The summed E-state index contributed by atoms with van der Waals surface area (Å²) in [6.07, 6.45) is 3.05. The molecule has 0 saturated heterocycles. The van der Waals surface area contributed by atoms with E-state index in [4.69, 9.17) is 16.2 Å². The Balaban J connectivity index is 2.37. The van der Waals surface area contributed by atoms with Gasteiger partial charge in [0, 0.05) is 24.0 Å². The number of Topliss-reactive ketones (excluding diaryl/α,β-unsaturated/α-hetero) is 2. The van der Waals surface area contributed by atoms with Crippen LogP contribution in [0.15, 0.2) is 29.2 Å². The molecule has 0 unspecified atom stereocenters. The number of halogens is 1. The molecule has 1 aromatic rings. The summed E-state index contributed by atoms with van der Waals surface area (Å²) < 4.78 is 22.2. The Morgan fingerprint density at radius 1 is 1.13 bits per heavy atom. The van der Waals surface area contributed by atoms with Crippen LogP contribution in [-0.4, -0.2) is 30.5 Å². The van der Waals surface area contributed by atoms with Crippen LogP contribution in [0.2, 0.25) is 0 Å². The van der Waals surface area contributed by atoms with Crippen molar-refractivity contribution in [2.45, 2.75) is 43.9 Å². The van der Waals surface area contributed by atoms with E-state index in [1.165, 1.54) is 19.1 Å². The quantitative estimate of drug-likeness (QED) is 0.169. The molecule has 23 heavy (non-hydrogen) atoms. The van der Waals surface area contributed by atoms with Crippen molar-refractivity contribution in [1.82, 2.24) is 0 Å². The molecule has 0 aliphatic rings. The van der Waals surface area contributed by atoms with Crippen molar-refractivity contribution >= 4 is 37.0 Å². The van der Waals surface area contributed by atoms with Crippen LogP contribution in [0, 0.1) is 0 Å². The van der Waals surface area contributed by atoms with Gasteiger partial charge in [0.1, 0.15) is 0 Å². The minimum absolute atomic E-state index is 0.0635. The molecule has 0 aliphatic heterocycles. The lowest BCUT2D eigenvalue weighted by Crippen LogP contribution is -2.22. The summed E-state index contributed by atoms with van der Waals surface area (Å²) >= 11 is 0. The first-order chi connectivity index (χ1) is 10.8. The van der Waals surface area contributed by atoms with E-state index in [1.54, 1.807) is 12.1 Å². The molecule has 124 valence electrons. The number of carbonyl (C=O) groups excluding carboxylic acids is 2. The second-order valence-electron chi connectivity index (χ2n) is 5.07. The monoisotopic (exact) mass is 356 g/mol. The predicted octanol–water partition coefficient (Wildman–Crippen LogP) is 2.55. The maximum absolute atomic E-state index is 11.6. The number of ketones is 2. The average molecular weight is 357 g/mol. The van der Waals surface area contributed by atoms with Crippen molar-refractivity contribution in [2.75, 3.05) is 0 Å². The van der Waals surface area contributed by atoms with E-state index in [1.807, 2.05) is 0 Å². The van der Waals surface area contributed by atoms with Crippen LogP contribution in [-0.2, 0) is 25.1 Å². The van der Waals surface area contributed by atoms with Crippen molar-refractivity contribution < 1.29 is 22.8 Å². The molecule has 1 aromatic carbocycles. The summed E-state index contributed by atoms with van der Waals surface area (Å²) in [5, 5.41) is 0. The summed E-state index contributed by atoms with van der Waals surface area (Å²) in [5.74, 6) is -1.01. The van der Waals surface area contributed by atoms with E-state index in [-0.39, 0.29) is 11.3 Å². The molecule has 1 rings (SSSR count). The number of unbranched alkanes of at least 4 members (excludes halogenated alkanes) is 2. The lowest BCUT2D eigenvalue weighted by molar-refractivity contribution is -0.123. The van der Waals surface area contributed by atoms with Crippen LogP contribution in [0.1, 0.15) is 38.2 Å². The average Bonchev–Trinajstić information content (AvgIpc) is 2.46. The van der Waals surface area contributed by atoms with Crippen molar-refractivity contribution in [3.05, 3.63) is 35.4 Å². The van der Waals surface area contributed by atoms with Crippen molar-refractivity contribution in [3.8, 4) is 0 Å². The minimum Gasteiger partial charge on any atom is -0.360 e. The molecule has 0 atom stereocenters. The van der Waals surface area contributed by atoms with E-state index < -0.39 is 26.3 Å². The molecular weight excluding hydrogens is 340 g/mol. The Labute approximate surface area is 139 Å². The summed E-state index contributed by atoms with van der Waals surface area (Å²) in [6, 6.07) is 6.31. The Morgan fingerprint density at radius 2 is 1.74 bits per heavy atom. The number of aryl methyl sites for hydroxylation is 1. The molecule has 0 saturated carbocycles. The molecular formula is C15H17ClN2O4S. The van der Waals surface area contributed by atoms with E-state index in [0.29, 0.717) is 6.42 Å². The standard InChI is InChI=1S/C15H17ClN2O4S/c1-11(19)15(18-17)14(20)6-4-2-3-5-12-7-9-13(10-8-12)23(16,21)22/h7-10H,2-6H2,1H3. The molecule has 8 heteroatoms. The number of hydrogen-bond donors (Lipinski definition) is 0. The van der Waals surface area contributed by atoms with Crippen LogP contribution in [0.25, 0.3) is 5.53 Å². The number of hydrogen-bond acceptors (Lipinski definition) is 4. The summed E-state index contributed by atoms with van der Waals surface area (Å²) in [6.45, 7) is 1.18. The highest BCUT2D eigenvalue weighted by Crippen LogP contribution is 2.16. The Hall–Kier alpha value is -1.82. The molecule has 0 heterocycles. The van der Waals surface area contributed by atoms with Crippen molar-refractivity contribution in [1.29, 1.82) is 0 Å². The number of nitrogens with zero attached hydrogens (tertiary/aromatic N) is 2. The summed E-state index contributed by atoms with van der Waals surface area (Å²) in [4.78, 5) is 25.4. The van der Waals surface area contributed by atoms with Gasteiger partial charge in [-0.2, -0.15) is 4.79 Å². The second kappa shape index (κ2) is 8.72. The highest BCUT2D eigenvalue weighted by Gasteiger charge is 2.24. The van der Waals surface area contributed by atoms with Gasteiger partial charge in [-0.3, -0.25) is 9.59 Å². The topological polar surface area (TPSA) is 105 Å². The molecule has 0 bridgehead atoms. The highest BCUT2D eigenvalue weighted by atomic mass is 35.7. The van der Waals surface area contributed by atoms with Gasteiger partial charge in [-0.25, -0.2) is 8.42 Å². The minimum atomic E-state index is -3.70. The zero-order valence-electron chi connectivity index (χ0n) is 12.7. The van der Waals surface area contributed by atoms with Gasteiger partial charge in [0.25, 0.3) is 9.05 Å². The number of carbonyl (C=O) groups is 2. The fraction of sp³-hybridized carbons (Fsp3) is 0.400. The normalized spacial score (nSPS) is 10.9. The van der Waals surface area contributed by atoms with Crippen molar-refractivity contribution in [2.24, 2.45) is 0 Å². The maximum Gasteiger partial charge on any atom is 0.399 e. The molecule has 6 nitrogen and oxygen atoms in total. The fourth-order valence-electron chi connectivity index (χ4n) is 2.05. The zero-order chi connectivity index (χ0) is 17.5. The lowest BCUT2D eigenvalue weighted by atomic mass is 10.0. The molecule has 0 spiro atoms. The van der Waals surface area contributed by atoms with Gasteiger partial charge in [-0.15, -0.1) is 0 Å². The predicted molar refractivity (Wildman–Crippen MR) is 86.0 cm³/mol. The van der Waals surface area contributed by atoms with Gasteiger partial charge in [0.05, 0.1) is 4.90 Å². The van der Waals surface area contributed by atoms with Crippen LogP contribution in [0.3, 0.4) is 0 Å². The van der Waals surface area contributed by atoms with Gasteiger partial charge < -0.3 is 5.53 Å². The van der Waals surface area contributed by atoms with Crippen LogP contribution in [0.4, 0.5) is 0 Å². The SMILES string of the molecule is CC(=O)C(=[N+]=[N-])C(=O)CCCCCc1ccc(S(=O)(=O)Cl)cc1. The fourth-order valence-corrected chi connectivity index (χ4v) is 2.82. The van der Waals surface area contributed by atoms with Gasteiger partial charge in [0.15, 0.2) is 0 Å². The first-order valence-corrected chi connectivity index (χ1v) is 9.36. The molecule has 0 amide bonds. The van der Waals surface area contributed by atoms with Crippen LogP contribution in [0.5, 0.6) is 0 Å². The van der Waals surface area contributed by atoms with Crippen LogP contribution < -0.4 is 0 Å². The van der Waals surface area contributed by atoms with E-state index in [9.17, 15) is 18.0 Å². The maximum atomic E-state index is 11.6. The molecule has 0 aliphatic carbocycles. The second-order valence-corrected chi connectivity index (χ2v) is 7.64. The van der Waals surface area contributed by atoms with Crippen molar-refractivity contribution in [3.63, 3.8) is 0 Å². The smallest absolute Gasteiger partial charge is 0.360 e.